The maximum absolute atomic E-state index is 10.7. The lowest BCUT2D eigenvalue weighted by Crippen LogP contribution is -2.30. The van der Waals surface area contributed by atoms with Gasteiger partial charge in [-0.15, -0.1) is 0 Å². The van der Waals surface area contributed by atoms with E-state index in [1.807, 2.05) is 0 Å². The van der Waals surface area contributed by atoms with E-state index in [2.05, 4.69) is 39.9 Å². The van der Waals surface area contributed by atoms with E-state index >= 15 is 0 Å². The van der Waals surface area contributed by atoms with Crippen molar-refractivity contribution in [2.24, 2.45) is 5.92 Å². The minimum absolute atomic E-state index is 0.148. The van der Waals surface area contributed by atoms with Gasteiger partial charge in [-0.1, -0.05) is 0 Å². The molecular formula is C14H20IN3O2. The molecule has 1 saturated heterocycles. The summed E-state index contributed by atoms with van der Waals surface area (Å²) in [5, 5.41) is 14.1. The summed E-state index contributed by atoms with van der Waals surface area (Å²) in [6.07, 6.45) is 3.71. The van der Waals surface area contributed by atoms with Crippen molar-refractivity contribution in [3.8, 4) is 0 Å². The van der Waals surface area contributed by atoms with Crippen LogP contribution < -0.4 is 5.32 Å². The van der Waals surface area contributed by atoms with Gasteiger partial charge in [-0.3, -0.25) is 10.1 Å². The number of nitro groups is 1. The molecule has 0 amide bonds. The number of halogens is 1. The zero-order chi connectivity index (χ0) is 14.5. The molecule has 110 valence electrons. The molecule has 1 aliphatic rings. The number of nitrogens with zero attached hydrogens (tertiary/aromatic N) is 2. The van der Waals surface area contributed by atoms with Gasteiger partial charge in [0.1, 0.15) is 0 Å². The van der Waals surface area contributed by atoms with E-state index in [4.69, 9.17) is 0 Å². The third-order valence-corrected chi connectivity index (χ3v) is 4.76. The van der Waals surface area contributed by atoms with Crippen molar-refractivity contribution in [2.45, 2.75) is 19.3 Å². The molecule has 6 heteroatoms. The Kier molecular flexibility index (Phi) is 5.59. The molecule has 1 heterocycles. The summed E-state index contributed by atoms with van der Waals surface area (Å²) in [7, 11) is 2.17. The Balaban J connectivity index is 1.81. The number of hydrogen-bond acceptors (Lipinski definition) is 4. The predicted octanol–water partition coefficient (Wildman–Crippen LogP) is 3.34. The molecular weight excluding hydrogens is 369 g/mol. The second-order valence-corrected chi connectivity index (χ2v) is 6.55. The van der Waals surface area contributed by atoms with Gasteiger partial charge in [-0.25, -0.2) is 0 Å². The summed E-state index contributed by atoms with van der Waals surface area (Å²) >= 11 is 2.14. The second kappa shape index (κ2) is 7.21. The van der Waals surface area contributed by atoms with E-state index in [0.29, 0.717) is 0 Å². The number of rotatable bonds is 5. The lowest BCUT2D eigenvalue weighted by molar-refractivity contribution is -0.384. The first-order valence-corrected chi connectivity index (χ1v) is 8.00. The molecule has 0 bridgehead atoms. The average molecular weight is 389 g/mol. The van der Waals surface area contributed by atoms with Crippen LogP contribution in [0.25, 0.3) is 0 Å². The summed E-state index contributed by atoms with van der Waals surface area (Å²) in [6.45, 7) is 3.32. The molecule has 1 aromatic rings. The summed E-state index contributed by atoms with van der Waals surface area (Å²) in [4.78, 5) is 12.7. The van der Waals surface area contributed by atoms with Crippen LogP contribution in [-0.2, 0) is 0 Å². The topological polar surface area (TPSA) is 58.4 Å². The van der Waals surface area contributed by atoms with Crippen LogP contribution in [0.1, 0.15) is 19.3 Å². The number of nitro benzene ring substituents is 1. The van der Waals surface area contributed by atoms with Crippen LogP contribution in [0, 0.1) is 19.6 Å². The van der Waals surface area contributed by atoms with Crippen LogP contribution in [0.2, 0.25) is 0 Å². The first kappa shape index (κ1) is 15.5. The molecule has 0 aromatic heterocycles. The van der Waals surface area contributed by atoms with Gasteiger partial charge in [0.25, 0.3) is 5.69 Å². The van der Waals surface area contributed by atoms with Gasteiger partial charge >= 0.3 is 0 Å². The fourth-order valence-corrected chi connectivity index (χ4v) is 3.21. The molecule has 20 heavy (non-hydrogen) atoms. The van der Waals surface area contributed by atoms with Crippen LogP contribution in [-0.4, -0.2) is 36.5 Å². The smallest absolute Gasteiger partial charge is 0.270 e. The van der Waals surface area contributed by atoms with Gasteiger partial charge in [-0.2, -0.15) is 0 Å². The van der Waals surface area contributed by atoms with Gasteiger partial charge in [0.05, 0.1) is 4.92 Å². The summed E-state index contributed by atoms with van der Waals surface area (Å²) in [6, 6.07) is 4.97. The van der Waals surface area contributed by atoms with Gasteiger partial charge < -0.3 is 10.2 Å². The highest BCUT2D eigenvalue weighted by Crippen LogP contribution is 2.24. The van der Waals surface area contributed by atoms with Crippen molar-refractivity contribution in [1.82, 2.24) is 4.90 Å². The van der Waals surface area contributed by atoms with E-state index in [-0.39, 0.29) is 10.6 Å². The quantitative estimate of drug-likeness (QED) is 0.477. The van der Waals surface area contributed by atoms with Crippen LogP contribution in [0.4, 0.5) is 11.4 Å². The Bertz CT molecular complexity index is 473. The molecule has 0 atom stereocenters. The summed E-state index contributed by atoms with van der Waals surface area (Å²) < 4.78 is 0.903. The monoisotopic (exact) mass is 389 g/mol. The highest BCUT2D eigenvalue weighted by Gasteiger charge is 2.16. The lowest BCUT2D eigenvalue weighted by Gasteiger charge is -2.29. The Hall–Kier alpha value is -0.890. The molecule has 0 unspecified atom stereocenters. The van der Waals surface area contributed by atoms with Gasteiger partial charge in [-0.05, 0) is 74.0 Å². The van der Waals surface area contributed by atoms with Crippen molar-refractivity contribution < 1.29 is 4.92 Å². The Morgan fingerprint density at radius 3 is 2.75 bits per heavy atom. The molecule has 1 aromatic carbocycles. The number of piperidine rings is 1. The SMILES string of the molecule is CN1CCC(CCNc2ccc([N+](=O)[O-])cc2I)CC1. The molecule has 0 aliphatic carbocycles. The van der Waals surface area contributed by atoms with E-state index in [1.165, 1.54) is 32.4 Å². The van der Waals surface area contributed by atoms with Crippen LogP contribution in [0.5, 0.6) is 0 Å². The Morgan fingerprint density at radius 1 is 1.45 bits per heavy atom. The number of benzene rings is 1. The minimum atomic E-state index is -0.357. The number of hydrogen-bond donors (Lipinski definition) is 1. The molecule has 2 rings (SSSR count). The molecule has 0 spiro atoms. The third kappa shape index (κ3) is 4.31. The minimum Gasteiger partial charge on any atom is -0.384 e. The standard InChI is InChI=1S/C14H20IN3O2/c1-17-8-5-11(6-9-17)4-7-16-14-3-2-12(18(19)20)10-13(14)15/h2-3,10-11,16H,4-9H2,1H3. The second-order valence-electron chi connectivity index (χ2n) is 5.38. The predicted molar refractivity (Wildman–Crippen MR) is 89.1 cm³/mol. The highest BCUT2D eigenvalue weighted by molar-refractivity contribution is 14.1. The van der Waals surface area contributed by atoms with Gasteiger partial charge in [0.2, 0.25) is 0 Å². The first-order valence-electron chi connectivity index (χ1n) is 6.92. The van der Waals surface area contributed by atoms with E-state index in [9.17, 15) is 10.1 Å². The summed E-state index contributed by atoms with van der Waals surface area (Å²) in [5.74, 6) is 0.800. The largest absolute Gasteiger partial charge is 0.384 e. The fourth-order valence-electron chi connectivity index (χ4n) is 2.52. The molecule has 5 nitrogen and oxygen atoms in total. The van der Waals surface area contributed by atoms with Crippen molar-refractivity contribution in [3.05, 3.63) is 31.9 Å². The fraction of sp³-hybridized carbons (Fsp3) is 0.571. The van der Waals surface area contributed by atoms with E-state index < -0.39 is 0 Å². The molecule has 1 N–H and O–H groups in total. The van der Waals surface area contributed by atoms with Gasteiger partial charge in [0, 0.05) is 27.9 Å². The third-order valence-electron chi connectivity index (χ3n) is 3.87. The molecule has 1 fully saturated rings. The van der Waals surface area contributed by atoms with Crippen molar-refractivity contribution in [1.29, 1.82) is 0 Å². The zero-order valence-corrected chi connectivity index (χ0v) is 13.8. The summed E-state index contributed by atoms with van der Waals surface area (Å²) in [5.41, 5.74) is 1.14. The lowest BCUT2D eigenvalue weighted by atomic mass is 9.94. The molecule has 0 saturated carbocycles. The van der Waals surface area contributed by atoms with Crippen LogP contribution >= 0.6 is 22.6 Å². The number of likely N-dealkylation sites (tertiary alicyclic amines) is 1. The maximum Gasteiger partial charge on any atom is 0.270 e. The van der Waals surface area contributed by atoms with Crippen LogP contribution in [0.3, 0.4) is 0 Å². The number of anilines is 1. The number of nitrogens with one attached hydrogen (secondary N) is 1. The van der Waals surface area contributed by atoms with Crippen molar-refractivity contribution in [3.63, 3.8) is 0 Å². The van der Waals surface area contributed by atoms with E-state index in [0.717, 1.165) is 21.7 Å². The highest BCUT2D eigenvalue weighted by atomic mass is 127. The molecule has 0 radical (unpaired) electrons. The first-order chi connectivity index (χ1) is 9.56. The molecule has 1 aliphatic heterocycles. The average Bonchev–Trinajstić information content (AvgIpc) is 2.42. The van der Waals surface area contributed by atoms with Crippen LogP contribution in [0.15, 0.2) is 18.2 Å². The Labute approximate surface area is 133 Å². The Morgan fingerprint density at radius 2 is 2.15 bits per heavy atom. The van der Waals surface area contributed by atoms with Crippen molar-refractivity contribution in [2.75, 3.05) is 32.0 Å². The van der Waals surface area contributed by atoms with E-state index in [1.54, 1.807) is 18.2 Å². The van der Waals surface area contributed by atoms with Crippen molar-refractivity contribution >= 4 is 34.0 Å². The normalized spacial score (nSPS) is 17.1. The number of non-ortho nitro benzene ring substituents is 1. The van der Waals surface area contributed by atoms with Gasteiger partial charge in [0.15, 0.2) is 0 Å². The zero-order valence-electron chi connectivity index (χ0n) is 11.6. The maximum atomic E-state index is 10.7.